The molecule has 2 fully saturated rings. The number of hydrogen-bond acceptors (Lipinski definition) is 3. The van der Waals surface area contributed by atoms with Gasteiger partial charge in [-0.2, -0.15) is 0 Å². The van der Waals surface area contributed by atoms with Crippen molar-refractivity contribution in [1.29, 1.82) is 0 Å². The van der Waals surface area contributed by atoms with Gasteiger partial charge in [-0.15, -0.1) is 0 Å². The number of hydrogen-bond donors (Lipinski definition) is 1. The minimum absolute atomic E-state index is 0.0932. The van der Waals surface area contributed by atoms with E-state index in [1.54, 1.807) is 11.2 Å². The van der Waals surface area contributed by atoms with Gasteiger partial charge in [-0.1, -0.05) is 30.3 Å². The standard InChI is InChI=1S/C17H23N3O/c1-17(9-10-17)19-12-20(13-21)15-7-8-16(18-11-15)14-5-3-2-4-6-14/h2-6,12-13,15-16,18H,7-11H2,1H3. The second kappa shape index (κ2) is 5.98. The van der Waals surface area contributed by atoms with Crippen LogP contribution >= 0.6 is 0 Å². The largest absolute Gasteiger partial charge is 0.308 e. The Labute approximate surface area is 126 Å². The van der Waals surface area contributed by atoms with Gasteiger partial charge in [0.25, 0.3) is 0 Å². The molecule has 1 saturated carbocycles. The van der Waals surface area contributed by atoms with Crippen LogP contribution in [-0.2, 0) is 4.79 Å². The molecule has 2 atom stereocenters. The van der Waals surface area contributed by atoms with E-state index in [0.717, 1.165) is 38.6 Å². The van der Waals surface area contributed by atoms with Gasteiger partial charge in [-0.05, 0) is 38.2 Å². The number of carbonyl (C=O) groups excluding carboxylic acids is 1. The van der Waals surface area contributed by atoms with Gasteiger partial charge in [-0.3, -0.25) is 9.79 Å². The Bertz CT molecular complexity index is 502. The summed E-state index contributed by atoms with van der Waals surface area (Å²) in [7, 11) is 0. The van der Waals surface area contributed by atoms with E-state index in [1.807, 2.05) is 6.07 Å². The molecule has 0 spiro atoms. The highest BCUT2D eigenvalue weighted by molar-refractivity contribution is 5.73. The second-order valence-electron chi connectivity index (χ2n) is 6.40. The molecule has 1 aromatic carbocycles. The molecule has 112 valence electrons. The van der Waals surface area contributed by atoms with Crippen LogP contribution in [0.1, 0.15) is 44.2 Å². The fraction of sp³-hybridized carbons (Fsp3) is 0.529. The highest BCUT2D eigenvalue weighted by Crippen LogP contribution is 2.38. The third-order valence-corrected chi connectivity index (χ3v) is 4.61. The molecular formula is C17H23N3O. The van der Waals surface area contributed by atoms with Crippen molar-refractivity contribution in [3.05, 3.63) is 35.9 Å². The van der Waals surface area contributed by atoms with Crippen molar-refractivity contribution < 1.29 is 4.79 Å². The Kier molecular flexibility index (Phi) is 4.06. The van der Waals surface area contributed by atoms with E-state index in [0.29, 0.717) is 6.04 Å². The normalized spacial score (nSPS) is 27.5. The van der Waals surface area contributed by atoms with Gasteiger partial charge >= 0.3 is 0 Å². The fourth-order valence-corrected chi connectivity index (χ4v) is 2.79. The van der Waals surface area contributed by atoms with Crippen LogP contribution in [0, 0.1) is 0 Å². The second-order valence-corrected chi connectivity index (χ2v) is 6.40. The van der Waals surface area contributed by atoms with Crippen LogP contribution < -0.4 is 5.32 Å². The maximum atomic E-state index is 11.3. The number of rotatable bonds is 5. The lowest BCUT2D eigenvalue weighted by atomic mass is 9.94. The zero-order valence-electron chi connectivity index (χ0n) is 12.5. The Morgan fingerprint density at radius 2 is 2.05 bits per heavy atom. The third-order valence-electron chi connectivity index (χ3n) is 4.61. The van der Waals surface area contributed by atoms with Crippen LogP contribution in [0.3, 0.4) is 0 Å². The minimum atomic E-state index is 0.0932. The zero-order chi connectivity index (χ0) is 14.7. The SMILES string of the molecule is CC1(N=CN(C=O)C2CCC(c3ccccc3)NC2)CC1. The molecule has 1 N–H and O–H groups in total. The topological polar surface area (TPSA) is 44.7 Å². The van der Waals surface area contributed by atoms with Gasteiger partial charge in [0, 0.05) is 12.6 Å². The van der Waals surface area contributed by atoms with Gasteiger partial charge in [0.15, 0.2) is 0 Å². The van der Waals surface area contributed by atoms with Crippen LogP contribution in [0.5, 0.6) is 0 Å². The van der Waals surface area contributed by atoms with E-state index >= 15 is 0 Å². The van der Waals surface area contributed by atoms with Gasteiger partial charge in [0.05, 0.1) is 17.9 Å². The summed E-state index contributed by atoms with van der Waals surface area (Å²) in [4.78, 5) is 17.6. The average Bonchev–Trinajstić information content (AvgIpc) is 3.27. The summed E-state index contributed by atoms with van der Waals surface area (Å²) in [5, 5.41) is 3.55. The number of benzene rings is 1. The quantitative estimate of drug-likeness (QED) is 0.513. The Balaban J connectivity index is 1.56. The molecule has 21 heavy (non-hydrogen) atoms. The summed E-state index contributed by atoms with van der Waals surface area (Å²) in [5.41, 5.74) is 1.42. The first-order valence-electron chi connectivity index (χ1n) is 7.77. The molecule has 0 bridgehead atoms. The first-order valence-corrected chi connectivity index (χ1v) is 7.77. The van der Waals surface area contributed by atoms with E-state index in [-0.39, 0.29) is 11.6 Å². The smallest absolute Gasteiger partial charge is 0.215 e. The molecule has 2 aliphatic rings. The van der Waals surface area contributed by atoms with Gasteiger partial charge < -0.3 is 10.2 Å². The molecule has 0 aromatic heterocycles. The summed E-state index contributed by atoms with van der Waals surface area (Å²) in [5.74, 6) is 0. The van der Waals surface area contributed by atoms with E-state index in [1.165, 1.54) is 5.56 Å². The molecule has 3 rings (SSSR count). The first kappa shape index (κ1) is 14.3. The van der Waals surface area contributed by atoms with Crippen molar-refractivity contribution in [2.24, 2.45) is 4.99 Å². The maximum absolute atomic E-state index is 11.3. The summed E-state index contributed by atoms with van der Waals surface area (Å²) in [6.45, 7) is 2.96. The van der Waals surface area contributed by atoms with E-state index in [9.17, 15) is 4.79 Å². The van der Waals surface area contributed by atoms with Gasteiger partial charge in [0.2, 0.25) is 6.41 Å². The lowest BCUT2D eigenvalue weighted by molar-refractivity contribution is -0.116. The Morgan fingerprint density at radius 3 is 2.62 bits per heavy atom. The molecule has 1 heterocycles. The Morgan fingerprint density at radius 1 is 1.29 bits per heavy atom. The molecule has 4 nitrogen and oxygen atoms in total. The minimum Gasteiger partial charge on any atom is -0.308 e. The lowest BCUT2D eigenvalue weighted by Gasteiger charge is -2.34. The van der Waals surface area contributed by atoms with Crippen molar-refractivity contribution in [3.8, 4) is 0 Å². The van der Waals surface area contributed by atoms with Crippen molar-refractivity contribution in [3.63, 3.8) is 0 Å². The van der Waals surface area contributed by atoms with Gasteiger partial charge in [-0.25, -0.2) is 0 Å². The molecular weight excluding hydrogens is 262 g/mol. The van der Waals surface area contributed by atoms with Crippen molar-refractivity contribution in [2.75, 3.05) is 6.54 Å². The summed E-state index contributed by atoms with van der Waals surface area (Å²) in [6, 6.07) is 11.1. The monoisotopic (exact) mass is 285 g/mol. The molecule has 1 aliphatic heterocycles. The lowest BCUT2D eigenvalue weighted by Crippen LogP contribution is -2.46. The maximum Gasteiger partial charge on any atom is 0.215 e. The number of aliphatic imine (C=N–C) groups is 1. The van der Waals surface area contributed by atoms with Crippen LogP contribution in [0.25, 0.3) is 0 Å². The molecule has 2 unspecified atom stereocenters. The average molecular weight is 285 g/mol. The highest BCUT2D eigenvalue weighted by atomic mass is 16.1. The third kappa shape index (κ3) is 3.50. The molecule has 4 heteroatoms. The number of piperidine rings is 1. The van der Waals surface area contributed by atoms with Crippen LogP contribution in [0.15, 0.2) is 35.3 Å². The highest BCUT2D eigenvalue weighted by Gasteiger charge is 2.36. The van der Waals surface area contributed by atoms with Crippen molar-refractivity contribution >= 4 is 12.7 Å². The summed E-state index contributed by atoms with van der Waals surface area (Å²) >= 11 is 0. The van der Waals surface area contributed by atoms with E-state index < -0.39 is 0 Å². The molecule has 1 saturated heterocycles. The van der Waals surface area contributed by atoms with E-state index in [4.69, 9.17) is 0 Å². The molecule has 0 radical (unpaired) electrons. The van der Waals surface area contributed by atoms with Crippen LogP contribution in [0.4, 0.5) is 0 Å². The molecule has 1 aromatic rings. The summed E-state index contributed by atoms with van der Waals surface area (Å²) in [6.07, 6.45) is 6.97. The predicted molar refractivity (Wildman–Crippen MR) is 84.2 cm³/mol. The fourth-order valence-electron chi connectivity index (χ4n) is 2.79. The van der Waals surface area contributed by atoms with Crippen LogP contribution in [0.2, 0.25) is 0 Å². The summed E-state index contributed by atoms with van der Waals surface area (Å²) < 4.78 is 0. The van der Waals surface area contributed by atoms with Crippen molar-refractivity contribution in [2.45, 2.75) is 50.2 Å². The number of amides is 1. The van der Waals surface area contributed by atoms with E-state index in [2.05, 4.69) is 41.5 Å². The predicted octanol–water partition coefficient (Wildman–Crippen LogP) is 2.52. The molecule has 1 aliphatic carbocycles. The van der Waals surface area contributed by atoms with Gasteiger partial charge in [0.1, 0.15) is 0 Å². The first-order chi connectivity index (χ1) is 10.2. The van der Waals surface area contributed by atoms with Crippen LogP contribution in [-0.4, -0.2) is 35.8 Å². The zero-order valence-corrected chi connectivity index (χ0v) is 12.5. The number of carbonyl (C=O) groups is 1. The number of nitrogens with one attached hydrogen (secondary N) is 1. The molecule has 1 amide bonds. The number of nitrogens with zero attached hydrogens (tertiary/aromatic N) is 2. The van der Waals surface area contributed by atoms with Crippen molar-refractivity contribution in [1.82, 2.24) is 10.2 Å². The Hall–Kier alpha value is -1.68.